The highest BCUT2D eigenvalue weighted by Crippen LogP contribution is 2.16. The number of rotatable bonds is 2. The Hall–Kier alpha value is -2.43. The molecule has 0 unspecified atom stereocenters. The van der Waals surface area contributed by atoms with E-state index in [2.05, 4.69) is 25.1 Å². The molecule has 0 saturated heterocycles. The summed E-state index contributed by atoms with van der Waals surface area (Å²) >= 11 is 0. The molecular formula is C11H9N5. The summed E-state index contributed by atoms with van der Waals surface area (Å²) in [5.74, 6) is 2.01. The molecule has 3 aromatic rings. The molecule has 0 radical (unpaired) electrons. The summed E-state index contributed by atoms with van der Waals surface area (Å²) in [4.78, 5) is 11.4. The van der Waals surface area contributed by atoms with E-state index in [-0.39, 0.29) is 0 Å². The summed E-state index contributed by atoms with van der Waals surface area (Å²) < 4.78 is 0. The second-order valence-corrected chi connectivity index (χ2v) is 3.31. The minimum Gasteiger partial charge on any atom is -0.342 e. The summed E-state index contributed by atoms with van der Waals surface area (Å²) in [6.45, 7) is 0. The van der Waals surface area contributed by atoms with Crippen LogP contribution in [0.25, 0.3) is 23.0 Å². The Morgan fingerprint density at radius 2 is 1.88 bits per heavy atom. The number of nitrogens with one attached hydrogen (secondary N) is 2. The van der Waals surface area contributed by atoms with Crippen LogP contribution in [0.4, 0.5) is 0 Å². The number of aromatic amines is 2. The maximum atomic E-state index is 4.36. The van der Waals surface area contributed by atoms with Crippen molar-refractivity contribution in [2.75, 3.05) is 0 Å². The van der Waals surface area contributed by atoms with Crippen molar-refractivity contribution in [1.82, 2.24) is 25.1 Å². The lowest BCUT2D eigenvalue weighted by atomic mass is 10.2. The molecule has 3 rings (SSSR count). The number of hydrogen-bond donors (Lipinski definition) is 2. The van der Waals surface area contributed by atoms with Crippen LogP contribution in [0, 0.1) is 0 Å². The fraction of sp³-hybridized carbons (Fsp3) is 0. The molecule has 2 heterocycles. The molecule has 16 heavy (non-hydrogen) atoms. The van der Waals surface area contributed by atoms with E-state index < -0.39 is 0 Å². The fourth-order valence-corrected chi connectivity index (χ4v) is 1.48. The van der Waals surface area contributed by atoms with Crippen LogP contribution in [-0.2, 0) is 0 Å². The Morgan fingerprint density at radius 1 is 1.00 bits per heavy atom. The third-order valence-electron chi connectivity index (χ3n) is 2.24. The fourth-order valence-electron chi connectivity index (χ4n) is 1.48. The van der Waals surface area contributed by atoms with Gasteiger partial charge in [0.05, 0.1) is 0 Å². The molecule has 5 heteroatoms. The van der Waals surface area contributed by atoms with Crippen molar-refractivity contribution in [2.45, 2.75) is 0 Å². The van der Waals surface area contributed by atoms with Gasteiger partial charge in [-0.15, -0.1) is 0 Å². The Labute approximate surface area is 91.6 Å². The molecule has 0 fully saturated rings. The van der Waals surface area contributed by atoms with Crippen LogP contribution < -0.4 is 0 Å². The van der Waals surface area contributed by atoms with E-state index in [0.717, 1.165) is 5.56 Å². The maximum Gasteiger partial charge on any atom is 0.192 e. The number of nitrogens with zero attached hydrogens (tertiary/aromatic N) is 3. The smallest absolute Gasteiger partial charge is 0.192 e. The summed E-state index contributed by atoms with van der Waals surface area (Å²) in [6.07, 6.45) is 3.43. The number of H-pyrrole nitrogens is 2. The average Bonchev–Trinajstić information content (AvgIpc) is 3.01. The molecular weight excluding hydrogens is 202 g/mol. The summed E-state index contributed by atoms with van der Waals surface area (Å²) in [5.41, 5.74) is 0.983. The summed E-state index contributed by atoms with van der Waals surface area (Å²) in [6, 6.07) is 9.81. The van der Waals surface area contributed by atoms with Crippen molar-refractivity contribution < 1.29 is 0 Å². The minimum absolute atomic E-state index is 0.642. The zero-order valence-electron chi connectivity index (χ0n) is 8.38. The SMILES string of the molecule is c1ccc(-c2n[nH]c(-c3ncc[nH]3)n2)cc1. The lowest BCUT2D eigenvalue weighted by Gasteiger charge is -1.91. The maximum absolute atomic E-state index is 4.36. The van der Waals surface area contributed by atoms with E-state index in [9.17, 15) is 0 Å². The van der Waals surface area contributed by atoms with E-state index in [1.807, 2.05) is 30.3 Å². The van der Waals surface area contributed by atoms with Crippen LogP contribution in [0.1, 0.15) is 0 Å². The van der Waals surface area contributed by atoms with Crippen LogP contribution in [-0.4, -0.2) is 25.1 Å². The Morgan fingerprint density at radius 3 is 2.62 bits per heavy atom. The quantitative estimate of drug-likeness (QED) is 0.679. The molecule has 2 aromatic heterocycles. The lowest BCUT2D eigenvalue weighted by Crippen LogP contribution is -1.82. The van der Waals surface area contributed by atoms with Crippen molar-refractivity contribution in [1.29, 1.82) is 0 Å². The molecule has 0 aliphatic heterocycles. The Bertz CT molecular complexity index is 567. The average molecular weight is 211 g/mol. The third kappa shape index (κ3) is 1.48. The zero-order valence-corrected chi connectivity index (χ0v) is 8.38. The van der Waals surface area contributed by atoms with Gasteiger partial charge in [-0.1, -0.05) is 30.3 Å². The van der Waals surface area contributed by atoms with Gasteiger partial charge in [0.1, 0.15) is 0 Å². The van der Waals surface area contributed by atoms with E-state index in [1.165, 1.54) is 0 Å². The Kier molecular flexibility index (Phi) is 2.00. The predicted octanol–water partition coefficient (Wildman–Crippen LogP) is 1.86. The van der Waals surface area contributed by atoms with Gasteiger partial charge in [0.25, 0.3) is 0 Å². The minimum atomic E-state index is 0.642. The first-order valence-corrected chi connectivity index (χ1v) is 4.91. The molecule has 0 saturated carbocycles. The summed E-state index contributed by atoms with van der Waals surface area (Å²) in [5, 5.41) is 7.00. The Balaban J connectivity index is 2.00. The van der Waals surface area contributed by atoms with Crippen LogP contribution in [0.2, 0.25) is 0 Å². The molecule has 0 aliphatic carbocycles. The van der Waals surface area contributed by atoms with Gasteiger partial charge < -0.3 is 4.98 Å². The zero-order chi connectivity index (χ0) is 10.8. The van der Waals surface area contributed by atoms with Crippen molar-refractivity contribution in [3.8, 4) is 23.0 Å². The first-order chi connectivity index (χ1) is 7.93. The first-order valence-electron chi connectivity index (χ1n) is 4.91. The third-order valence-corrected chi connectivity index (χ3v) is 2.24. The van der Waals surface area contributed by atoms with Gasteiger partial charge >= 0.3 is 0 Å². The molecule has 2 N–H and O–H groups in total. The van der Waals surface area contributed by atoms with Crippen molar-refractivity contribution in [3.05, 3.63) is 42.7 Å². The topological polar surface area (TPSA) is 70.2 Å². The van der Waals surface area contributed by atoms with Gasteiger partial charge in [-0.25, -0.2) is 9.97 Å². The summed E-state index contributed by atoms with van der Waals surface area (Å²) in [7, 11) is 0. The van der Waals surface area contributed by atoms with E-state index in [1.54, 1.807) is 12.4 Å². The van der Waals surface area contributed by atoms with Crippen LogP contribution in [0.5, 0.6) is 0 Å². The van der Waals surface area contributed by atoms with Gasteiger partial charge in [-0.3, -0.25) is 5.10 Å². The first kappa shape index (κ1) is 8.84. The van der Waals surface area contributed by atoms with Gasteiger partial charge in [-0.2, -0.15) is 5.10 Å². The predicted molar refractivity (Wildman–Crippen MR) is 59.4 cm³/mol. The second-order valence-electron chi connectivity index (χ2n) is 3.31. The van der Waals surface area contributed by atoms with Crippen LogP contribution in [0.15, 0.2) is 42.7 Å². The van der Waals surface area contributed by atoms with E-state index in [4.69, 9.17) is 0 Å². The van der Waals surface area contributed by atoms with Gasteiger partial charge in [0, 0.05) is 18.0 Å². The number of aromatic nitrogens is 5. The highest BCUT2D eigenvalue weighted by Gasteiger charge is 2.08. The van der Waals surface area contributed by atoms with Gasteiger partial charge in [-0.05, 0) is 0 Å². The molecule has 0 bridgehead atoms. The molecule has 0 spiro atoms. The molecule has 78 valence electrons. The second kappa shape index (κ2) is 3.62. The van der Waals surface area contributed by atoms with Gasteiger partial charge in [0.15, 0.2) is 17.5 Å². The van der Waals surface area contributed by atoms with Gasteiger partial charge in [0.2, 0.25) is 0 Å². The van der Waals surface area contributed by atoms with Crippen molar-refractivity contribution in [3.63, 3.8) is 0 Å². The monoisotopic (exact) mass is 211 g/mol. The molecule has 1 aromatic carbocycles. The standard InChI is InChI=1S/C11H9N5/c1-2-4-8(5-3-1)9-14-11(16-15-9)10-12-6-7-13-10/h1-7H,(H,12,13)(H,14,15,16). The number of hydrogen-bond acceptors (Lipinski definition) is 3. The normalized spacial score (nSPS) is 10.5. The largest absolute Gasteiger partial charge is 0.342 e. The number of benzene rings is 1. The van der Waals surface area contributed by atoms with Crippen molar-refractivity contribution in [2.24, 2.45) is 0 Å². The highest BCUT2D eigenvalue weighted by molar-refractivity contribution is 5.57. The van der Waals surface area contributed by atoms with E-state index >= 15 is 0 Å². The van der Waals surface area contributed by atoms with Crippen LogP contribution in [0.3, 0.4) is 0 Å². The highest BCUT2D eigenvalue weighted by atomic mass is 15.2. The van der Waals surface area contributed by atoms with Crippen LogP contribution >= 0.6 is 0 Å². The molecule has 0 amide bonds. The van der Waals surface area contributed by atoms with Crippen molar-refractivity contribution >= 4 is 0 Å². The number of imidazole rings is 1. The molecule has 0 aliphatic rings. The molecule has 0 atom stereocenters. The van der Waals surface area contributed by atoms with E-state index in [0.29, 0.717) is 17.5 Å². The lowest BCUT2D eigenvalue weighted by molar-refractivity contribution is 1.08. The molecule has 5 nitrogen and oxygen atoms in total.